The van der Waals surface area contributed by atoms with E-state index in [1.54, 1.807) is 0 Å². The van der Waals surface area contributed by atoms with Gasteiger partial charge in [-0.2, -0.15) is 0 Å². The Morgan fingerprint density at radius 1 is 0.833 bits per heavy atom. The van der Waals surface area contributed by atoms with Crippen molar-refractivity contribution in [1.82, 2.24) is 0 Å². The molecule has 0 atom stereocenters. The summed E-state index contributed by atoms with van der Waals surface area (Å²) in [5.74, 6) is 0. The highest BCUT2D eigenvalue weighted by atomic mass is 127. The van der Waals surface area contributed by atoms with Gasteiger partial charge in [0.25, 0.3) is 0 Å². The van der Waals surface area contributed by atoms with Crippen LogP contribution < -0.4 is 24.0 Å². The first-order valence-electron chi connectivity index (χ1n) is 3.84. The van der Waals surface area contributed by atoms with Gasteiger partial charge >= 0.3 is 0 Å². The van der Waals surface area contributed by atoms with Gasteiger partial charge in [-0.15, -0.1) is 0 Å². The summed E-state index contributed by atoms with van der Waals surface area (Å²) in [4.78, 5) is 0. The van der Waals surface area contributed by atoms with Crippen molar-refractivity contribution in [1.29, 1.82) is 0 Å². The van der Waals surface area contributed by atoms with Crippen LogP contribution in [0.5, 0.6) is 0 Å². The van der Waals surface area contributed by atoms with Crippen molar-refractivity contribution in [3.8, 4) is 0 Å². The monoisotopic (exact) mass is 291 g/mol. The molecule has 0 rings (SSSR count). The minimum absolute atomic E-state index is 0. The van der Waals surface area contributed by atoms with Crippen LogP contribution >= 0.6 is 0 Å². The molecule has 12 heavy (non-hydrogen) atoms. The number of aliphatic hydroxyl groups is 3. The van der Waals surface area contributed by atoms with Gasteiger partial charge in [0.2, 0.25) is 0 Å². The molecule has 4 nitrogen and oxygen atoms in total. The van der Waals surface area contributed by atoms with Gasteiger partial charge in [-0.25, -0.2) is 0 Å². The first-order valence-corrected chi connectivity index (χ1v) is 3.84. The van der Waals surface area contributed by atoms with E-state index in [1.165, 1.54) is 0 Å². The van der Waals surface area contributed by atoms with Gasteiger partial charge in [0, 0.05) is 0 Å². The highest BCUT2D eigenvalue weighted by Crippen LogP contribution is 1.99. The quantitative estimate of drug-likeness (QED) is 0.341. The summed E-state index contributed by atoms with van der Waals surface area (Å²) in [6, 6.07) is 0. The van der Waals surface area contributed by atoms with Crippen LogP contribution in [-0.4, -0.2) is 66.3 Å². The van der Waals surface area contributed by atoms with Gasteiger partial charge in [0.1, 0.15) is 19.6 Å². The Hall–Kier alpha value is 0.570. The van der Waals surface area contributed by atoms with E-state index in [9.17, 15) is 0 Å². The largest absolute Gasteiger partial charge is 1.00 e. The number of rotatable bonds is 6. The lowest BCUT2D eigenvalue weighted by Crippen LogP contribution is -3.00. The van der Waals surface area contributed by atoms with Crippen LogP contribution in [0.1, 0.15) is 0 Å². The van der Waals surface area contributed by atoms with Gasteiger partial charge < -0.3 is 43.8 Å². The van der Waals surface area contributed by atoms with Crippen LogP contribution in [-0.2, 0) is 0 Å². The summed E-state index contributed by atoms with van der Waals surface area (Å²) in [5.41, 5.74) is 0. The molecule has 5 heteroatoms. The molecule has 0 aromatic carbocycles. The van der Waals surface area contributed by atoms with Crippen molar-refractivity contribution in [3.05, 3.63) is 0 Å². The van der Waals surface area contributed by atoms with Crippen LogP contribution in [0.2, 0.25) is 0 Å². The van der Waals surface area contributed by atoms with Crippen LogP contribution in [0.25, 0.3) is 0 Å². The fraction of sp³-hybridized carbons (Fsp3) is 1.00. The van der Waals surface area contributed by atoms with E-state index in [4.69, 9.17) is 15.3 Å². The zero-order valence-corrected chi connectivity index (χ0v) is 9.57. The van der Waals surface area contributed by atoms with Crippen molar-refractivity contribution in [2.45, 2.75) is 0 Å². The van der Waals surface area contributed by atoms with Crippen LogP contribution in [0.4, 0.5) is 0 Å². The van der Waals surface area contributed by atoms with Gasteiger partial charge in [-0.05, 0) is 0 Å². The lowest BCUT2D eigenvalue weighted by Gasteiger charge is -2.32. The van der Waals surface area contributed by atoms with Crippen molar-refractivity contribution in [3.63, 3.8) is 0 Å². The summed E-state index contributed by atoms with van der Waals surface area (Å²) in [5, 5.41) is 26.0. The Bertz CT molecular complexity index is 85.6. The molecular formula is C7H18INO3. The molecule has 0 aromatic heterocycles. The Balaban J connectivity index is 0. The van der Waals surface area contributed by atoms with Crippen molar-refractivity contribution in [2.75, 3.05) is 46.5 Å². The third kappa shape index (κ3) is 6.13. The molecule has 0 aliphatic heterocycles. The van der Waals surface area contributed by atoms with Gasteiger partial charge in [-0.3, -0.25) is 0 Å². The average molecular weight is 291 g/mol. The van der Waals surface area contributed by atoms with Crippen LogP contribution in [0, 0.1) is 0 Å². The molecule has 0 radical (unpaired) electrons. The Labute approximate surface area is 90.4 Å². The second-order valence-corrected chi connectivity index (χ2v) is 2.96. The van der Waals surface area contributed by atoms with E-state index in [0.29, 0.717) is 24.1 Å². The summed E-state index contributed by atoms with van der Waals surface area (Å²) in [7, 11) is 1.91. The molecular weight excluding hydrogens is 273 g/mol. The summed E-state index contributed by atoms with van der Waals surface area (Å²) in [6.45, 7) is 2.03. The fourth-order valence-electron chi connectivity index (χ4n) is 1.06. The van der Waals surface area contributed by atoms with Gasteiger partial charge in [0.15, 0.2) is 0 Å². The molecule has 0 aliphatic rings. The molecule has 0 unspecified atom stereocenters. The zero-order chi connectivity index (χ0) is 8.74. The number of nitrogens with zero attached hydrogens (tertiary/aromatic N) is 1. The van der Waals surface area contributed by atoms with E-state index in [-0.39, 0.29) is 43.8 Å². The van der Waals surface area contributed by atoms with Crippen molar-refractivity contribution < 1.29 is 43.8 Å². The first-order chi connectivity index (χ1) is 5.18. The molecule has 0 aromatic rings. The molecule has 0 amide bonds. The minimum Gasteiger partial charge on any atom is -1.00 e. The summed E-state index contributed by atoms with van der Waals surface area (Å²) in [6.07, 6.45) is 0. The second-order valence-electron chi connectivity index (χ2n) is 2.96. The lowest BCUT2D eigenvalue weighted by molar-refractivity contribution is -0.910. The Morgan fingerprint density at radius 3 is 1.25 bits per heavy atom. The Kier molecular flexibility index (Phi) is 10.3. The van der Waals surface area contributed by atoms with E-state index >= 15 is 0 Å². The normalized spacial score (nSPS) is 11.0. The summed E-state index contributed by atoms with van der Waals surface area (Å²) < 4.78 is 0.531. The number of likely N-dealkylation sites (N-methyl/N-ethyl adjacent to an activating group) is 1. The number of aliphatic hydroxyl groups excluding tert-OH is 3. The van der Waals surface area contributed by atoms with Crippen molar-refractivity contribution in [2.24, 2.45) is 0 Å². The molecule has 0 bridgehead atoms. The molecule has 0 saturated carbocycles. The molecule has 0 spiro atoms. The first kappa shape index (κ1) is 15.1. The highest BCUT2D eigenvalue weighted by Gasteiger charge is 2.18. The number of hydrogen-bond acceptors (Lipinski definition) is 3. The molecule has 3 N–H and O–H groups in total. The number of hydrogen-bond donors (Lipinski definition) is 3. The topological polar surface area (TPSA) is 60.7 Å². The van der Waals surface area contributed by atoms with E-state index in [2.05, 4.69) is 0 Å². The molecule has 0 saturated heterocycles. The highest BCUT2D eigenvalue weighted by molar-refractivity contribution is 4.37. The Morgan fingerprint density at radius 2 is 1.08 bits per heavy atom. The number of halogens is 1. The zero-order valence-electron chi connectivity index (χ0n) is 7.41. The SMILES string of the molecule is C[N+](CCO)(CCO)CCO.[I-]. The summed E-state index contributed by atoms with van der Waals surface area (Å²) >= 11 is 0. The van der Waals surface area contributed by atoms with Gasteiger partial charge in [0.05, 0.1) is 26.9 Å². The van der Waals surface area contributed by atoms with E-state index < -0.39 is 0 Å². The maximum atomic E-state index is 8.68. The molecule has 0 heterocycles. The predicted molar refractivity (Wildman–Crippen MR) is 42.0 cm³/mol. The average Bonchev–Trinajstić information content (AvgIpc) is 1.88. The van der Waals surface area contributed by atoms with Crippen LogP contribution in [0.15, 0.2) is 0 Å². The predicted octanol–water partition coefficient (Wildman–Crippen LogP) is -4.59. The lowest BCUT2D eigenvalue weighted by atomic mass is 10.4. The maximum Gasteiger partial charge on any atom is 0.102 e. The maximum absolute atomic E-state index is 8.68. The number of quaternary nitrogens is 1. The third-order valence-electron chi connectivity index (χ3n) is 1.92. The smallest absolute Gasteiger partial charge is 0.102 e. The minimum atomic E-state index is 0. The van der Waals surface area contributed by atoms with Crippen LogP contribution in [0.3, 0.4) is 0 Å². The third-order valence-corrected chi connectivity index (χ3v) is 1.92. The second kappa shape index (κ2) is 8.18. The van der Waals surface area contributed by atoms with E-state index in [0.717, 1.165) is 0 Å². The molecule has 0 fully saturated rings. The van der Waals surface area contributed by atoms with Gasteiger partial charge in [-0.1, -0.05) is 0 Å². The molecule has 76 valence electrons. The molecule has 0 aliphatic carbocycles. The fourth-order valence-corrected chi connectivity index (χ4v) is 1.06. The standard InChI is InChI=1S/C7H18NO3.HI/c1-8(2-5-9,3-6-10)4-7-11;/h9-11H,2-7H2,1H3;1H/q+1;/p-1. The van der Waals surface area contributed by atoms with E-state index in [1.807, 2.05) is 7.05 Å². The van der Waals surface area contributed by atoms with Crippen molar-refractivity contribution >= 4 is 0 Å².